The summed E-state index contributed by atoms with van der Waals surface area (Å²) in [7, 11) is 5.48. The molecule has 1 aromatic carbocycles. The molecule has 9 heteroatoms. The molecular formula is C27H33FN4O4. The minimum Gasteiger partial charge on any atom is -0.472 e. The molecule has 0 aliphatic carbocycles. The molecule has 2 aromatic rings. The summed E-state index contributed by atoms with van der Waals surface area (Å²) >= 11 is 0. The first-order chi connectivity index (χ1) is 17.1. The normalized spacial score (nSPS) is 18.3. The Labute approximate surface area is 211 Å². The summed E-state index contributed by atoms with van der Waals surface area (Å²) < 4.78 is 19.5. The molecule has 0 spiro atoms. The number of hydrogen-bond acceptors (Lipinski definition) is 6. The van der Waals surface area contributed by atoms with E-state index in [1.54, 1.807) is 31.1 Å². The predicted octanol–water partition coefficient (Wildman–Crippen LogP) is 2.13. The molecule has 0 saturated heterocycles. The number of nitrogens with zero attached hydrogens (tertiary/aromatic N) is 4. The Kier molecular flexibility index (Phi) is 9.02. The summed E-state index contributed by atoms with van der Waals surface area (Å²) in [6, 6.07) is 6.61. The number of aliphatic hydroxyl groups excluding tert-OH is 1. The number of aromatic nitrogens is 1. The number of rotatable bonds is 6. The van der Waals surface area contributed by atoms with Crippen LogP contribution >= 0.6 is 0 Å². The molecule has 0 radical (unpaired) electrons. The van der Waals surface area contributed by atoms with Gasteiger partial charge in [0.05, 0.1) is 25.7 Å². The van der Waals surface area contributed by atoms with Crippen LogP contribution in [0.2, 0.25) is 0 Å². The molecular weight excluding hydrogens is 463 g/mol. The van der Waals surface area contributed by atoms with Gasteiger partial charge >= 0.3 is 0 Å². The van der Waals surface area contributed by atoms with Gasteiger partial charge in [-0.15, -0.1) is 0 Å². The quantitative estimate of drug-likeness (QED) is 0.617. The lowest BCUT2D eigenvalue weighted by Gasteiger charge is -2.37. The number of hydrogen-bond donors (Lipinski definition) is 1. The lowest BCUT2D eigenvalue weighted by Crippen LogP contribution is -2.50. The maximum atomic E-state index is 13.5. The maximum Gasteiger partial charge on any atom is 0.259 e. The van der Waals surface area contributed by atoms with E-state index >= 15 is 0 Å². The van der Waals surface area contributed by atoms with Gasteiger partial charge < -0.3 is 19.6 Å². The molecule has 8 nitrogen and oxygen atoms in total. The van der Waals surface area contributed by atoms with Crippen LogP contribution in [-0.2, 0) is 0 Å². The van der Waals surface area contributed by atoms with Crippen molar-refractivity contribution in [2.75, 3.05) is 47.4 Å². The third kappa shape index (κ3) is 6.59. The number of ether oxygens (including phenoxy) is 1. The number of halogens is 1. The van der Waals surface area contributed by atoms with Crippen LogP contribution in [0, 0.1) is 23.6 Å². The number of fused-ring (bicyclic) bond motifs is 1. The third-order valence-corrected chi connectivity index (χ3v) is 6.04. The van der Waals surface area contributed by atoms with Crippen molar-refractivity contribution in [3.8, 4) is 17.7 Å². The van der Waals surface area contributed by atoms with Crippen molar-refractivity contribution in [1.29, 1.82) is 0 Å². The van der Waals surface area contributed by atoms with Gasteiger partial charge in [-0.1, -0.05) is 18.8 Å². The van der Waals surface area contributed by atoms with E-state index in [9.17, 15) is 19.1 Å². The standard InChI is InChI=1S/C27H33FN4O4/c1-18-15-32(19(2)17-33)27(35)23-13-20(7-6-12-30(3)4)14-29-25(23)36-24(18)16-31(5)26(34)21-8-10-22(28)11-9-21/h8-11,13-14,18-19,24,33H,12,15-17H2,1-5H3/t18-,19+,24-/m0/s1. The molecule has 1 aromatic heterocycles. The Morgan fingerprint density at radius 1 is 1.31 bits per heavy atom. The highest BCUT2D eigenvalue weighted by molar-refractivity contribution is 5.97. The number of amides is 2. The van der Waals surface area contributed by atoms with Crippen molar-refractivity contribution >= 4 is 11.8 Å². The Hall–Kier alpha value is -3.48. The summed E-state index contributed by atoms with van der Waals surface area (Å²) in [5, 5.41) is 9.81. The first-order valence-electron chi connectivity index (χ1n) is 11.8. The van der Waals surface area contributed by atoms with Crippen molar-refractivity contribution in [2.24, 2.45) is 5.92 Å². The molecule has 2 heterocycles. The summed E-state index contributed by atoms with van der Waals surface area (Å²) in [5.41, 5.74) is 1.21. The van der Waals surface area contributed by atoms with Crippen molar-refractivity contribution in [3.05, 3.63) is 59.0 Å². The molecule has 2 amide bonds. The van der Waals surface area contributed by atoms with Gasteiger partial charge in [0, 0.05) is 36.8 Å². The van der Waals surface area contributed by atoms with Gasteiger partial charge in [-0.3, -0.25) is 14.5 Å². The van der Waals surface area contributed by atoms with Crippen LogP contribution in [0.4, 0.5) is 4.39 Å². The van der Waals surface area contributed by atoms with E-state index in [1.807, 2.05) is 25.9 Å². The average Bonchev–Trinajstić information content (AvgIpc) is 2.85. The van der Waals surface area contributed by atoms with Gasteiger partial charge in [-0.05, 0) is 51.4 Å². The van der Waals surface area contributed by atoms with Crippen molar-refractivity contribution < 1.29 is 23.8 Å². The van der Waals surface area contributed by atoms with E-state index < -0.39 is 18.0 Å². The van der Waals surface area contributed by atoms with E-state index in [-0.39, 0.29) is 42.3 Å². The molecule has 1 aliphatic heterocycles. The molecule has 1 N–H and O–H groups in total. The molecule has 0 unspecified atom stereocenters. The summed E-state index contributed by atoms with van der Waals surface area (Å²) in [5.74, 6) is 5.05. The Balaban J connectivity index is 1.92. The molecule has 3 atom stereocenters. The third-order valence-electron chi connectivity index (χ3n) is 6.04. The van der Waals surface area contributed by atoms with Crippen LogP contribution in [0.25, 0.3) is 0 Å². The molecule has 3 rings (SSSR count). The van der Waals surface area contributed by atoms with Gasteiger partial charge in [-0.2, -0.15) is 0 Å². The van der Waals surface area contributed by atoms with Crippen LogP contribution in [-0.4, -0.2) is 96.1 Å². The van der Waals surface area contributed by atoms with Crippen molar-refractivity contribution in [2.45, 2.75) is 26.0 Å². The number of aliphatic hydroxyl groups is 1. The second kappa shape index (κ2) is 12.0. The number of carbonyl (C=O) groups excluding carboxylic acids is 2. The molecule has 0 fully saturated rings. The highest BCUT2D eigenvalue weighted by Crippen LogP contribution is 2.27. The number of benzene rings is 1. The van der Waals surface area contributed by atoms with Crippen molar-refractivity contribution in [1.82, 2.24) is 19.7 Å². The Bertz CT molecular complexity index is 1140. The Morgan fingerprint density at radius 2 is 2.00 bits per heavy atom. The fraction of sp³-hybridized carbons (Fsp3) is 0.444. The second-order valence-electron chi connectivity index (χ2n) is 9.43. The minimum absolute atomic E-state index is 0.160. The molecule has 1 aliphatic rings. The molecule has 0 saturated carbocycles. The van der Waals surface area contributed by atoms with E-state index in [0.29, 0.717) is 24.2 Å². The zero-order valence-electron chi connectivity index (χ0n) is 21.4. The minimum atomic E-state index is -0.488. The summed E-state index contributed by atoms with van der Waals surface area (Å²) in [4.78, 5) is 35.8. The summed E-state index contributed by atoms with van der Waals surface area (Å²) in [6.07, 6.45) is 1.07. The van der Waals surface area contributed by atoms with Crippen LogP contribution < -0.4 is 4.74 Å². The summed E-state index contributed by atoms with van der Waals surface area (Å²) in [6.45, 7) is 4.61. The fourth-order valence-corrected chi connectivity index (χ4v) is 3.85. The first-order valence-corrected chi connectivity index (χ1v) is 11.8. The van der Waals surface area contributed by atoms with E-state index in [2.05, 4.69) is 16.8 Å². The highest BCUT2D eigenvalue weighted by atomic mass is 19.1. The van der Waals surface area contributed by atoms with Gasteiger partial charge in [0.1, 0.15) is 17.5 Å². The zero-order chi connectivity index (χ0) is 26.4. The van der Waals surface area contributed by atoms with Crippen LogP contribution in [0.15, 0.2) is 36.5 Å². The first kappa shape index (κ1) is 27.1. The van der Waals surface area contributed by atoms with Gasteiger partial charge in [-0.25, -0.2) is 9.37 Å². The predicted molar refractivity (Wildman–Crippen MR) is 134 cm³/mol. The number of carbonyl (C=O) groups is 2. The average molecular weight is 497 g/mol. The zero-order valence-corrected chi connectivity index (χ0v) is 21.4. The smallest absolute Gasteiger partial charge is 0.259 e. The monoisotopic (exact) mass is 496 g/mol. The van der Waals surface area contributed by atoms with Crippen LogP contribution in [0.5, 0.6) is 5.88 Å². The highest BCUT2D eigenvalue weighted by Gasteiger charge is 2.34. The van der Waals surface area contributed by atoms with E-state index in [0.717, 1.165) is 0 Å². The lowest BCUT2D eigenvalue weighted by atomic mass is 9.99. The second-order valence-corrected chi connectivity index (χ2v) is 9.43. The largest absolute Gasteiger partial charge is 0.472 e. The number of likely N-dealkylation sites (N-methyl/N-ethyl adjacent to an activating group) is 1. The van der Waals surface area contributed by atoms with Gasteiger partial charge in [0.2, 0.25) is 5.88 Å². The van der Waals surface area contributed by atoms with Crippen molar-refractivity contribution in [3.63, 3.8) is 0 Å². The van der Waals surface area contributed by atoms with E-state index in [1.165, 1.54) is 29.2 Å². The van der Waals surface area contributed by atoms with Gasteiger partial charge in [0.15, 0.2) is 0 Å². The number of pyridine rings is 1. The fourth-order valence-electron chi connectivity index (χ4n) is 3.85. The Morgan fingerprint density at radius 3 is 2.64 bits per heavy atom. The van der Waals surface area contributed by atoms with Gasteiger partial charge in [0.25, 0.3) is 11.8 Å². The SMILES string of the molecule is C[C@H](CO)N1C[C@H](C)[C@H](CN(C)C(=O)c2ccc(F)cc2)Oc2ncc(C#CCN(C)C)cc2C1=O. The van der Waals surface area contributed by atoms with Crippen LogP contribution in [0.3, 0.4) is 0 Å². The lowest BCUT2D eigenvalue weighted by molar-refractivity contribution is 0.0313. The topological polar surface area (TPSA) is 86.2 Å². The maximum absolute atomic E-state index is 13.5. The van der Waals surface area contributed by atoms with Crippen LogP contribution in [0.1, 0.15) is 40.1 Å². The van der Waals surface area contributed by atoms with E-state index in [4.69, 9.17) is 4.74 Å². The molecule has 36 heavy (non-hydrogen) atoms. The molecule has 0 bridgehead atoms. The molecule has 192 valence electrons.